The van der Waals surface area contributed by atoms with Gasteiger partial charge in [0.2, 0.25) is 0 Å². The summed E-state index contributed by atoms with van der Waals surface area (Å²) in [4.78, 5) is 7.13. The number of anilines is 3. The van der Waals surface area contributed by atoms with Gasteiger partial charge >= 0.3 is 0 Å². The van der Waals surface area contributed by atoms with Crippen molar-refractivity contribution in [3.8, 4) is 22.3 Å². The van der Waals surface area contributed by atoms with E-state index in [9.17, 15) is 0 Å². The molecule has 7 aromatic rings. The molecule has 0 aliphatic heterocycles. The predicted octanol–water partition coefficient (Wildman–Crippen LogP) is 10.2. The Morgan fingerprint density at radius 2 is 0.872 bits per heavy atom. The maximum atomic E-state index is 4.83. The molecule has 0 fully saturated rings. The smallest absolute Gasteiger partial charge is 0.137 e. The first-order valence-electron chi connectivity index (χ1n) is 13.2. The second-order valence-corrected chi connectivity index (χ2v) is 9.62. The fourth-order valence-corrected chi connectivity index (χ4v) is 5.56. The van der Waals surface area contributed by atoms with E-state index in [4.69, 9.17) is 4.98 Å². The predicted molar refractivity (Wildman–Crippen MR) is 165 cm³/mol. The lowest BCUT2D eigenvalue weighted by atomic mass is 9.90. The van der Waals surface area contributed by atoms with E-state index in [1.54, 1.807) is 0 Å². The van der Waals surface area contributed by atoms with E-state index in [-0.39, 0.29) is 0 Å². The summed E-state index contributed by atoms with van der Waals surface area (Å²) in [5.41, 5.74) is 7.06. The van der Waals surface area contributed by atoms with Crippen LogP contribution in [0, 0.1) is 0 Å². The number of nitrogens with zero attached hydrogens (tertiary/aromatic N) is 2. The molecule has 1 aromatic heterocycles. The van der Waals surface area contributed by atoms with Crippen LogP contribution in [0.1, 0.15) is 0 Å². The molecule has 6 aromatic carbocycles. The lowest BCUT2D eigenvalue weighted by molar-refractivity contribution is 1.19. The van der Waals surface area contributed by atoms with Crippen molar-refractivity contribution >= 4 is 38.7 Å². The van der Waals surface area contributed by atoms with E-state index >= 15 is 0 Å². The summed E-state index contributed by atoms with van der Waals surface area (Å²) in [5.74, 6) is 0.882. The van der Waals surface area contributed by atoms with Crippen LogP contribution in [0.5, 0.6) is 0 Å². The maximum absolute atomic E-state index is 4.83. The number of fused-ring (bicyclic) bond motifs is 2. The van der Waals surface area contributed by atoms with Gasteiger partial charge in [0.05, 0.1) is 5.69 Å². The average molecular weight is 499 g/mol. The second-order valence-electron chi connectivity index (χ2n) is 9.62. The SMILES string of the molecule is c1ccc(-c2ccc(N(c3ccccn3)c3c4ccccc4c(-c4ccccc4)c4ccccc34)cc2)cc1. The van der Waals surface area contributed by atoms with Crippen LogP contribution >= 0.6 is 0 Å². The molecule has 0 aliphatic rings. The molecular weight excluding hydrogens is 472 g/mol. The summed E-state index contributed by atoms with van der Waals surface area (Å²) < 4.78 is 0. The third kappa shape index (κ3) is 4.13. The van der Waals surface area contributed by atoms with Crippen LogP contribution in [0.15, 0.2) is 158 Å². The third-order valence-corrected chi connectivity index (χ3v) is 7.30. The molecule has 0 radical (unpaired) electrons. The van der Waals surface area contributed by atoms with Gasteiger partial charge in [-0.15, -0.1) is 0 Å². The first-order chi connectivity index (χ1) is 19.4. The fourth-order valence-electron chi connectivity index (χ4n) is 5.56. The molecule has 0 N–H and O–H groups in total. The standard InChI is InChI=1S/C37H26N2/c1-3-13-27(14-4-1)28-22-24-30(25-23-28)39(35-21-11-12-26-38-35)37-33-19-9-7-17-31(33)36(29-15-5-2-6-16-29)32-18-8-10-20-34(32)37/h1-26H. The largest absolute Gasteiger partial charge is 0.294 e. The van der Waals surface area contributed by atoms with Gasteiger partial charge in [-0.2, -0.15) is 0 Å². The van der Waals surface area contributed by atoms with Crippen molar-refractivity contribution in [3.63, 3.8) is 0 Å². The topological polar surface area (TPSA) is 16.1 Å². The fraction of sp³-hybridized carbons (Fsp3) is 0. The van der Waals surface area contributed by atoms with Crippen molar-refractivity contribution in [2.45, 2.75) is 0 Å². The molecule has 39 heavy (non-hydrogen) atoms. The van der Waals surface area contributed by atoms with Crippen molar-refractivity contribution in [1.29, 1.82) is 0 Å². The van der Waals surface area contributed by atoms with Crippen LogP contribution in [0.25, 0.3) is 43.8 Å². The quantitative estimate of drug-likeness (QED) is 0.219. The third-order valence-electron chi connectivity index (χ3n) is 7.30. The Labute approximate surface area is 228 Å². The van der Waals surface area contributed by atoms with Gasteiger partial charge in [0, 0.05) is 22.7 Å². The van der Waals surface area contributed by atoms with Gasteiger partial charge in [0.1, 0.15) is 5.82 Å². The number of hydrogen-bond acceptors (Lipinski definition) is 2. The van der Waals surface area contributed by atoms with Gasteiger partial charge < -0.3 is 0 Å². The molecule has 0 spiro atoms. The lowest BCUT2D eigenvalue weighted by Crippen LogP contribution is -2.12. The Hall–Kier alpha value is -5.21. The van der Waals surface area contributed by atoms with E-state index in [0.29, 0.717) is 0 Å². The molecule has 0 unspecified atom stereocenters. The van der Waals surface area contributed by atoms with Crippen molar-refractivity contribution in [2.24, 2.45) is 0 Å². The first-order valence-corrected chi connectivity index (χ1v) is 13.2. The van der Waals surface area contributed by atoms with Crippen molar-refractivity contribution in [1.82, 2.24) is 4.98 Å². The normalized spacial score (nSPS) is 11.1. The Morgan fingerprint density at radius 3 is 1.44 bits per heavy atom. The first kappa shape index (κ1) is 22.9. The van der Waals surface area contributed by atoms with Crippen molar-refractivity contribution in [2.75, 3.05) is 4.90 Å². The molecule has 0 amide bonds. The number of hydrogen-bond donors (Lipinski definition) is 0. The number of rotatable bonds is 5. The maximum Gasteiger partial charge on any atom is 0.137 e. The second kappa shape index (κ2) is 9.92. The zero-order valence-electron chi connectivity index (χ0n) is 21.4. The summed E-state index contributed by atoms with van der Waals surface area (Å²) in [6.45, 7) is 0. The summed E-state index contributed by atoms with van der Waals surface area (Å²) in [6.07, 6.45) is 1.86. The monoisotopic (exact) mass is 498 g/mol. The molecule has 7 rings (SSSR count). The average Bonchev–Trinajstić information content (AvgIpc) is 3.02. The molecule has 0 saturated carbocycles. The lowest BCUT2D eigenvalue weighted by Gasteiger charge is -2.28. The summed E-state index contributed by atoms with van der Waals surface area (Å²) in [7, 11) is 0. The zero-order chi connectivity index (χ0) is 26.0. The molecule has 1 heterocycles. The molecule has 2 heteroatoms. The van der Waals surface area contributed by atoms with E-state index in [2.05, 4.69) is 150 Å². The van der Waals surface area contributed by atoms with Gasteiger partial charge in [-0.25, -0.2) is 4.98 Å². The minimum Gasteiger partial charge on any atom is -0.294 e. The Kier molecular flexibility index (Phi) is 5.84. The van der Waals surface area contributed by atoms with E-state index in [1.807, 2.05) is 12.3 Å². The van der Waals surface area contributed by atoms with Gasteiger partial charge in [0.15, 0.2) is 0 Å². The van der Waals surface area contributed by atoms with Crippen LogP contribution in [-0.4, -0.2) is 4.98 Å². The van der Waals surface area contributed by atoms with Gasteiger partial charge in [0.25, 0.3) is 0 Å². The minimum atomic E-state index is 0.882. The van der Waals surface area contributed by atoms with Crippen LogP contribution in [0.2, 0.25) is 0 Å². The molecule has 0 atom stereocenters. The molecule has 2 nitrogen and oxygen atoms in total. The summed E-state index contributed by atoms with van der Waals surface area (Å²) in [6, 6.07) is 53.6. The van der Waals surface area contributed by atoms with Gasteiger partial charge in [-0.05, 0) is 57.3 Å². The highest BCUT2D eigenvalue weighted by molar-refractivity contribution is 6.22. The number of aromatic nitrogens is 1. The number of benzene rings is 6. The molecule has 184 valence electrons. The van der Waals surface area contributed by atoms with Gasteiger partial charge in [-0.1, -0.05) is 127 Å². The Balaban J connectivity index is 1.53. The van der Waals surface area contributed by atoms with Gasteiger partial charge in [-0.3, -0.25) is 4.90 Å². The van der Waals surface area contributed by atoms with E-state index in [0.717, 1.165) is 17.2 Å². The molecular formula is C37H26N2. The Morgan fingerprint density at radius 1 is 0.385 bits per heavy atom. The zero-order valence-corrected chi connectivity index (χ0v) is 21.4. The van der Waals surface area contributed by atoms with Crippen LogP contribution in [0.3, 0.4) is 0 Å². The van der Waals surface area contributed by atoms with Crippen molar-refractivity contribution < 1.29 is 0 Å². The van der Waals surface area contributed by atoms with E-state index in [1.165, 1.54) is 43.8 Å². The highest BCUT2D eigenvalue weighted by atomic mass is 15.2. The Bertz CT molecular complexity index is 1820. The number of pyridine rings is 1. The summed E-state index contributed by atoms with van der Waals surface area (Å²) in [5, 5.41) is 4.82. The van der Waals surface area contributed by atoms with Crippen molar-refractivity contribution in [3.05, 3.63) is 158 Å². The molecule has 0 saturated heterocycles. The van der Waals surface area contributed by atoms with Crippen LogP contribution in [-0.2, 0) is 0 Å². The highest BCUT2D eigenvalue weighted by Crippen LogP contribution is 2.47. The van der Waals surface area contributed by atoms with Crippen LogP contribution in [0.4, 0.5) is 17.2 Å². The highest BCUT2D eigenvalue weighted by Gasteiger charge is 2.22. The molecule has 0 aliphatic carbocycles. The van der Waals surface area contributed by atoms with Crippen LogP contribution < -0.4 is 4.90 Å². The summed E-state index contributed by atoms with van der Waals surface area (Å²) >= 11 is 0. The minimum absolute atomic E-state index is 0.882. The van der Waals surface area contributed by atoms with E-state index < -0.39 is 0 Å². The molecule has 0 bridgehead atoms.